The summed E-state index contributed by atoms with van der Waals surface area (Å²) in [5.74, 6) is -0.389. The molecule has 0 aliphatic rings. The summed E-state index contributed by atoms with van der Waals surface area (Å²) in [6.45, 7) is 0. The Bertz CT molecular complexity index is 528. The van der Waals surface area contributed by atoms with Crippen LogP contribution in [0.25, 0.3) is 10.1 Å². The molecule has 1 aromatic heterocycles. The van der Waals surface area contributed by atoms with Crippen molar-refractivity contribution in [2.45, 2.75) is 0 Å². The summed E-state index contributed by atoms with van der Waals surface area (Å²) in [7, 11) is 1.33. The molecule has 15 heavy (non-hydrogen) atoms. The Hall–Kier alpha value is -1.68. The Kier molecular flexibility index (Phi) is 2.51. The quantitative estimate of drug-likeness (QED) is 0.577. The smallest absolute Gasteiger partial charge is 0.337 e. The van der Waals surface area contributed by atoms with Crippen molar-refractivity contribution < 1.29 is 14.3 Å². The Labute approximate surface area is 90.3 Å². The van der Waals surface area contributed by atoms with Crippen molar-refractivity contribution in [2.24, 2.45) is 0 Å². The largest absolute Gasteiger partial charge is 0.465 e. The lowest BCUT2D eigenvalue weighted by molar-refractivity contribution is 0.0601. The van der Waals surface area contributed by atoms with Crippen LogP contribution in [0.5, 0.6) is 0 Å². The van der Waals surface area contributed by atoms with E-state index in [-0.39, 0.29) is 5.97 Å². The standard InChI is InChI=1S/C11H8O3S/c1-14-11(13)7-2-3-10-9(4-7)8(5-12)6-15-10/h2-6H,1H3. The lowest BCUT2D eigenvalue weighted by Gasteiger charge is -1.98. The fraction of sp³-hybridized carbons (Fsp3) is 0.0909. The fourth-order valence-electron chi connectivity index (χ4n) is 1.38. The van der Waals surface area contributed by atoms with E-state index >= 15 is 0 Å². The van der Waals surface area contributed by atoms with Gasteiger partial charge in [0.25, 0.3) is 0 Å². The van der Waals surface area contributed by atoms with Gasteiger partial charge < -0.3 is 4.74 Å². The predicted molar refractivity (Wildman–Crippen MR) is 58.6 cm³/mol. The number of hydrogen-bond donors (Lipinski definition) is 0. The van der Waals surface area contributed by atoms with Gasteiger partial charge in [0.15, 0.2) is 6.29 Å². The minimum Gasteiger partial charge on any atom is -0.465 e. The Balaban J connectivity index is 2.62. The maximum Gasteiger partial charge on any atom is 0.337 e. The van der Waals surface area contributed by atoms with Crippen LogP contribution in [0.4, 0.5) is 0 Å². The number of hydrogen-bond acceptors (Lipinski definition) is 4. The third kappa shape index (κ3) is 1.64. The van der Waals surface area contributed by atoms with Crippen LogP contribution in [0.1, 0.15) is 20.7 Å². The number of carbonyl (C=O) groups is 2. The molecule has 0 bridgehead atoms. The molecule has 0 N–H and O–H groups in total. The summed E-state index contributed by atoms with van der Waals surface area (Å²) in [4.78, 5) is 22.0. The number of carbonyl (C=O) groups excluding carboxylic acids is 2. The molecule has 0 amide bonds. The van der Waals surface area contributed by atoms with Gasteiger partial charge in [-0.3, -0.25) is 4.79 Å². The summed E-state index contributed by atoms with van der Waals surface area (Å²) in [5.41, 5.74) is 1.08. The topological polar surface area (TPSA) is 43.4 Å². The Morgan fingerprint density at radius 1 is 1.47 bits per heavy atom. The van der Waals surface area contributed by atoms with E-state index in [4.69, 9.17) is 0 Å². The lowest BCUT2D eigenvalue weighted by Crippen LogP contribution is -2.00. The van der Waals surface area contributed by atoms with Gasteiger partial charge in [0, 0.05) is 21.0 Å². The van der Waals surface area contributed by atoms with Gasteiger partial charge in [-0.25, -0.2) is 4.79 Å². The molecule has 0 fully saturated rings. The molecule has 0 saturated heterocycles. The van der Waals surface area contributed by atoms with Crippen LogP contribution in [0.15, 0.2) is 23.6 Å². The second kappa shape index (κ2) is 3.82. The second-order valence-electron chi connectivity index (χ2n) is 3.01. The van der Waals surface area contributed by atoms with Gasteiger partial charge in [-0.1, -0.05) is 0 Å². The second-order valence-corrected chi connectivity index (χ2v) is 3.92. The molecule has 0 saturated carbocycles. The summed E-state index contributed by atoms with van der Waals surface area (Å²) in [6, 6.07) is 5.19. The van der Waals surface area contributed by atoms with E-state index in [0.717, 1.165) is 16.4 Å². The number of ether oxygens (including phenoxy) is 1. The van der Waals surface area contributed by atoms with Gasteiger partial charge in [0.05, 0.1) is 12.7 Å². The van der Waals surface area contributed by atoms with Crippen molar-refractivity contribution >= 4 is 33.7 Å². The number of aldehydes is 1. The first kappa shape index (κ1) is 9.86. The first-order chi connectivity index (χ1) is 7.26. The van der Waals surface area contributed by atoms with Crippen molar-refractivity contribution in [3.05, 3.63) is 34.7 Å². The lowest BCUT2D eigenvalue weighted by atomic mass is 10.1. The molecule has 0 unspecified atom stereocenters. The highest BCUT2D eigenvalue weighted by atomic mass is 32.1. The van der Waals surface area contributed by atoms with E-state index in [2.05, 4.69) is 4.74 Å². The maximum absolute atomic E-state index is 11.3. The zero-order valence-electron chi connectivity index (χ0n) is 8.02. The van der Waals surface area contributed by atoms with Crippen LogP contribution in [0, 0.1) is 0 Å². The average Bonchev–Trinajstić information content (AvgIpc) is 2.69. The summed E-state index contributed by atoms with van der Waals surface area (Å²) in [6.07, 6.45) is 0.792. The van der Waals surface area contributed by atoms with Crippen molar-refractivity contribution in [3.63, 3.8) is 0 Å². The first-order valence-electron chi connectivity index (χ1n) is 4.31. The average molecular weight is 220 g/mol. The molecule has 0 radical (unpaired) electrons. The number of methoxy groups -OCH3 is 1. The van der Waals surface area contributed by atoms with E-state index < -0.39 is 0 Å². The van der Waals surface area contributed by atoms with Gasteiger partial charge in [0.1, 0.15) is 0 Å². The van der Waals surface area contributed by atoms with Crippen LogP contribution in [0.2, 0.25) is 0 Å². The van der Waals surface area contributed by atoms with E-state index in [1.807, 2.05) is 6.07 Å². The first-order valence-corrected chi connectivity index (χ1v) is 5.19. The third-order valence-electron chi connectivity index (χ3n) is 2.15. The van der Waals surface area contributed by atoms with Crippen LogP contribution < -0.4 is 0 Å². The molecule has 2 rings (SSSR count). The molecular weight excluding hydrogens is 212 g/mol. The van der Waals surface area contributed by atoms with Crippen molar-refractivity contribution in [1.29, 1.82) is 0 Å². The SMILES string of the molecule is COC(=O)c1ccc2scc(C=O)c2c1. The minimum atomic E-state index is -0.389. The van der Waals surface area contributed by atoms with E-state index in [0.29, 0.717) is 11.1 Å². The molecule has 76 valence electrons. The number of esters is 1. The Morgan fingerprint density at radius 2 is 2.27 bits per heavy atom. The van der Waals surface area contributed by atoms with Crippen LogP contribution in [-0.4, -0.2) is 19.4 Å². The zero-order chi connectivity index (χ0) is 10.8. The summed E-state index contributed by atoms with van der Waals surface area (Å²) in [5, 5.41) is 2.58. The van der Waals surface area contributed by atoms with Crippen molar-refractivity contribution in [3.8, 4) is 0 Å². The number of rotatable bonds is 2. The molecule has 0 spiro atoms. The van der Waals surface area contributed by atoms with Gasteiger partial charge >= 0.3 is 5.97 Å². The minimum absolute atomic E-state index is 0.389. The highest BCUT2D eigenvalue weighted by molar-refractivity contribution is 7.17. The summed E-state index contributed by atoms with van der Waals surface area (Å²) < 4.78 is 5.60. The van der Waals surface area contributed by atoms with Gasteiger partial charge in [0.2, 0.25) is 0 Å². The van der Waals surface area contributed by atoms with E-state index in [1.165, 1.54) is 18.4 Å². The van der Waals surface area contributed by atoms with E-state index in [1.54, 1.807) is 17.5 Å². The molecular formula is C11H8O3S. The molecule has 1 heterocycles. The molecule has 0 aliphatic carbocycles. The number of benzene rings is 1. The van der Waals surface area contributed by atoms with Gasteiger partial charge in [-0.05, 0) is 18.2 Å². The molecule has 4 heteroatoms. The Morgan fingerprint density at radius 3 is 2.93 bits per heavy atom. The van der Waals surface area contributed by atoms with Crippen LogP contribution in [0.3, 0.4) is 0 Å². The molecule has 1 aromatic carbocycles. The van der Waals surface area contributed by atoms with E-state index in [9.17, 15) is 9.59 Å². The fourth-order valence-corrected chi connectivity index (χ4v) is 2.27. The summed E-state index contributed by atoms with van der Waals surface area (Å²) >= 11 is 1.48. The number of thiophene rings is 1. The van der Waals surface area contributed by atoms with Gasteiger partial charge in [-0.15, -0.1) is 11.3 Å². The van der Waals surface area contributed by atoms with Crippen molar-refractivity contribution in [2.75, 3.05) is 7.11 Å². The molecule has 0 atom stereocenters. The van der Waals surface area contributed by atoms with Crippen molar-refractivity contribution in [1.82, 2.24) is 0 Å². The van der Waals surface area contributed by atoms with Gasteiger partial charge in [-0.2, -0.15) is 0 Å². The normalized spacial score (nSPS) is 10.2. The zero-order valence-corrected chi connectivity index (χ0v) is 8.84. The monoisotopic (exact) mass is 220 g/mol. The molecule has 3 nitrogen and oxygen atoms in total. The molecule has 2 aromatic rings. The predicted octanol–water partition coefficient (Wildman–Crippen LogP) is 2.50. The maximum atomic E-state index is 11.3. The third-order valence-corrected chi connectivity index (χ3v) is 3.13. The molecule has 0 aliphatic heterocycles. The van der Waals surface area contributed by atoms with Crippen LogP contribution >= 0.6 is 11.3 Å². The highest BCUT2D eigenvalue weighted by Crippen LogP contribution is 2.25. The van der Waals surface area contributed by atoms with Crippen LogP contribution in [-0.2, 0) is 4.74 Å². The highest BCUT2D eigenvalue weighted by Gasteiger charge is 2.09. The number of fused-ring (bicyclic) bond motifs is 1.